The molecular formula is C35H44N4O6. The van der Waals surface area contributed by atoms with Gasteiger partial charge in [0.05, 0.1) is 0 Å². The van der Waals surface area contributed by atoms with Gasteiger partial charge in [0.2, 0.25) is 0 Å². The van der Waals surface area contributed by atoms with Gasteiger partial charge in [0, 0.05) is 64.6 Å². The Morgan fingerprint density at radius 1 is 0.667 bits per heavy atom. The summed E-state index contributed by atoms with van der Waals surface area (Å²) in [5, 5.41) is 24.5. The first-order chi connectivity index (χ1) is 21.4. The molecule has 0 unspecified atom stereocenters. The van der Waals surface area contributed by atoms with E-state index in [0.717, 1.165) is 67.6 Å². The molecule has 0 saturated carbocycles. The monoisotopic (exact) mass is 616 g/mol. The van der Waals surface area contributed by atoms with Gasteiger partial charge in [0.1, 0.15) is 0 Å². The second-order valence-corrected chi connectivity index (χ2v) is 11.9. The fourth-order valence-corrected chi connectivity index (χ4v) is 6.43. The van der Waals surface area contributed by atoms with Crippen LogP contribution in [0, 0.1) is 13.8 Å². The van der Waals surface area contributed by atoms with Crippen molar-refractivity contribution in [3.8, 4) is 0 Å². The number of aromatic amines is 2. The van der Waals surface area contributed by atoms with E-state index >= 15 is 0 Å². The molecule has 2 aromatic heterocycles. The highest BCUT2D eigenvalue weighted by atomic mass is 16.4. The molecule has 0 bridgehead atoms. The van der Waals surface area contributed by atoms with Crippen LogP contribution in [0.15, 0.2) is 33.7 Å². The largest absolute Gasteiger partial charge is 0.481 e. The maximum Gasteiger partial charge on any atom is 0.303 e. The van der Waals surface area contributed by atoms with Gasteiger partial charge in [-0.15, -0.1) is 0 Å². The Hall–Kier alpha value is -4.60. The summed E-state index contributed by atoms with van der Waals surface area (Å²) in [5.74, 6) is -1.90. The Labute approximate surface area is 263 Å². The molecule has 0 atom stereocenters. The molecule has 10 nitrogen and oxygen atoms in total. The highest BCUT2D eigenvalue weighted by Crippen LogP contribution is 2.32. The molecule has 10 heteroatoms. The summed E-state index contributed by atoms with van der Waals surface area (Å²) < 4.78 is 0. The minimum atomic E-state index is -0.845. The lowest BCUT2D eigenvalue weighted by Crippen LogP contribution is -2.15. The van der Waals surface area contributed by atoms with Crippen LogP contribution < -0.4 is 10.6 Å². The Balaban J connectivity index is 1.78. The Bertz CT molecular complexity index is 1550. The van der Waals surface area contributed by atoms with Gasteiger partial charge in [-0.1, -0.05) is 13.8 Å². The maximum atomic E-state index is 12.4. The van der Waals surface area contributed by atoms with E-state index in [1.54, 1.807) is 0 Å². The minimum Gasteiger partial charge on any atom is -0.481 e. The standard InChI is InChI=1S/C35H44N4O6/c1-7-22-20(5)34(44)38-28(22)15-26-18(3)24(11-9-13-32(40)41)30(36-26)17-31-25(12-10-14-33(42)43)19(4)27(37-31)16-29-23(8-2)21(6)35(45)39-29/h15-16,36-37H,7-14,17H2,1-6H3,(H,38,44)(H,39,45)(H,40,41)(H,42,43)/b28-15-,29-16-. The number of hydrogen-bond donors (Lipinski definition) is 6. The lowest BCUT2D eigenvalue weighted by molar-refractivity contribution is -0.138. The van der Waals surface area contributed by atoms with Crippen LogP contribution >= 0.6 is 0 Å². The molecule has 2 aliphatic rings. The third-order valence-electron chi connectivity index (χ3n) is 9.02. The van der Waals surface area contributed by atoms with E-state index in [1.165, 1.54) is 0 Å². The smallest absolute Gasteiger partial charge is 0.303 e. The van der Waals surface area contributed by atoms with Gasteiger partial charge >= 0.3 is 11.9 Å². The molecule has 2 aliphatic heterocycles. The number of allylic oxidation sites excluding steroid dienone is 2. The summed E-state index contributed by atoms with van der Waals surface area (Å²) in [6.45, 7) is 11.7. The van der Waals surface area contributed by atoms with Crippen molar-refractivity contribution in [1.29, 1.82) is 0 Å². The average molecular weight is 617 g/mol. The molecule has 6 N–H and O–H groups in total. The van der Waals surface area contributed by atoms with E-state index < -0.39 is 11.9 Å². The van der Waals surface area contributed by atoms with Crippen molar-refractivity contribution < 1.29 is 29.4 Å². The van der Waals surface area contributed by atoms with Gasteiger partial charge in [0.15, 0.2) is 0 Å². The maximum absolute atomic E-state index is 12.4. The Kier molecular flexibility index (Phi) is 10.4. The van der Waals surface area contributed by atoms with Gasteiger partial charge in [-0.05, 0) is 112 Å². The Morgan fingerprint density at radius 3 is 1.38 bits per heavy atom. The van der Waals surface area contributed by atoms with Crippen LogP contribution in [0.4, 0.5) is 0 Å². The first kappa shape index (κ1) is 33.3. The molecule has 4 rings (SSSR count). The van der Waals surface area contributed by atoms with E-state index in [4.69, 9.17) is 0 Å². The SMILES string of the molecule is CCC1=C(C)C(=O)N/C1=C\c1[nH]c(Cc2[nH]c(/C=C3\NC(=O)C(C)=C3CC)c(C)c2CCCC(=O)O)c(CCCC(=O)O)c1C. The van der Waals surface area contributed by atoms with Crippen molar-refractivity contribution in [3.05, 3.63) is 78.7 Å². The van der Waals surface area contributed by atoms with Crippen molar-refractivity contribution in [2.75, 3.05) is 0 Å². The Morgan fingerprint density at radius 2 is 1.04 bits per heavy atom. The normalized spacial score (nSPS) is 16.8. The summed E-state index contributed by atoms with van der Waals surface area (Å²) >= 11 is 0. The van der Waals surface area contributed by atoms with Crippen LogP contribution in [0.25, 0.3) is 12.2 Å². The number of aromatic nitrogens is 2. The van der Waals surface area contributed by atoms with Crippen LogP contribution in [0.1, 0.15) is 111 Å². The predicted molar refractivity (Wildman–Crippen MR) is 173 cm³/mol. The van der Waals surface area contributed by atoms with Gasteiger partial charge in [-0.25, -0.2) is 0 Å². The second-order valence-electron chi connectivity index (χ2n) is 11.9. The second kappa shape index (κ2) is 14.0. The van der Waals surface area contributed by atoms with E-state index in [9.17, 15) is 29.4 Å². The highest BCUT2D eigenvalue weighted by Gasteiger charge is 2.26. The van der Waals surface area contributed by atoms with Crippen LogP contribution in [-0.2, 0) is 38.4 Å². The third kappa shape index (κ3) is 7.21. The third-order valence-corrected chi connectivity index (χ3v) is 9.02. The van der Waals surface area contributed by atoms with Crippen molar-refractivity contribution in [2.45, 2.75) is 99.3 Å². The van der Waals surface area contributed by atoms with Gasteiger partial charge in [0.25, 0.3) is 11.8 Å². The molecule has 0 spiro atoms. The van der Waals surface area contributed by atoms with E-state index in [1.807, 2.05) is 53.7 Å². The van der Waals surface area contributed by atoms with Gasteiger partial charge in [-0.2, -0.15) is 0 Å². The van der Waals surface area contributed by atoms with E-state index in [-0.39, 0.29) is 24.7 Å². The van der Waals surface area contributed by atoms with Crippen LogP contribution in [0.2, 0.25) is 0 Å². The minimum absolute atomic E-state index is 0.0522. The summed E-state index contributed by atoms with van der Waals surface area (Å²) in [6.07, 6.45) is 8.02. The van der Waals surface area contributed by atoms with Gasteiger partial charge < -0.3 is 30.8 Å². The molecule has 0 aromatic carbocycles. The molecule has 0 saturated heterocycles. The van der Waals surface area contributed by atoms with E-state index in [0.29, 0.717) is 56.1 Å². The molecular weight excluding hydrogens is 572 g/mol. The summed E-state index contributed by atoms with van der Waals surface area (Å²) in [6, 6.07) is 0. The highest BCUT2D eigenvalue weighted by molar-refractivity contribution is 6.01. The lowest BCUT2D eigenvalue weighted by Gasteiger charge is -2.08. The number of H-pyrrole nitrogens is 2. The lowest BCUT2D eigenvalue weighted by atomic mass is 9.97. The number of carbonyl (C=O) groups is 4. The quantitative estimate of drug-likeness (QED) is 0.158. The van der Waals surface area contributed by atoms with Crippen molar-refractivity contribution >= 4 is 35.9 Å². The molecule has 45 heavy (non-hydrogen) atoms. The first-order valence-corrected chi connectivity index (χ1v) is 15.7. The topological polar surface area (TPSA) is 164 Å². The average Bonchev–Trinajstić information content (AvgIpc) is 3.62. The summed E-state index contributed by atoms with van der Waals surface area (Å²) in [4.78, 5) is 54.6. The first-order valence-electron chi connectivity index (χ1n) is 15.7. The van der Waals surface area contributed by atoms with Crippen LogP contribution in [0.5, 0.6) is 0 Å². The van der Waals surface area contributed by atoms with Crippen molar-refractivity contribution in [3.63, 3.8) is 0 Å². The number of hydrogen-bond acceptors (Lipinski definition) is 4. The fourth-order valence-electron chi connectivity index (χ4n) is 6.43. The predicted octanol–water partition coefficient (Wildman–Crippen LogP) is 5.76. The number of rotatable bonds is 14. The molecule has 4 heterocycles. The molecule has 2 aromatic rings. The number of aliphatic carboxylic acids is 2. The number of amides is 2. The molecule has 0 radical (unpaired) electrons. The molecule has 0 fully saturated rings. The van der Waals surface area contributed by atoms with E-state index in [2.05, 4.69) is 20.6 Å². The zero-order valence-corrected chi connectivity index (χ0v) is 27.0. The van der Waals surface area contributed by atoms with Crippen molar-refractivity contribution in [1.82, 2.24) is 20.6 Å². The van der Waals surface area contributed by atoms with Crippen LogP contribution in [-0.4, -0.2) is 43.9 Å². The number of carboxylic acids is 2. The molecule has 240 valence electrons. The molecule has 0 aliphatic carbocycles. The number of carboxylic acid groups (broad SMARTS) is 2. The fraction of sp³-hybridized carbons (Fsp3) is 0.429. The van der Waals surface area contributed by atoms with Crippen LogP contribution in [0.3, 0.4) is 0 Å². The zero-order valence-electron chi connectivity index (χ0n) is 27.0. The summed E-state index contributed by atoms with van der Waals surface area (Å²) in [7, 11) is 0. The number of carbonyl (C=O) groups excluding carboxylic acids is 2. The summed E-state index contributed by atoms with van der Waals surface area (Å²) in [5.41, 5.74) is 12.5. The van der Waals surface area contributed by atoms with Gasteiger partial charge in [-0.3, -0.25) is 19.2 Å². The molecule has 2 amide bonds. The zero-order chi connectivity index (χ0) is 33.0. The number of nitrogens with one attached hydrogen (secondary N) is 4. The van der Waals surface area contributed by atoms with Crippen molar-refractivity contribution in [2.24, 2.45) is 0 Å².